The molecule has 1 aromatic rings. The van der Waals surface area contributed by atoms with Gasteiger partial charge in [0.15, 0.2) is 0 Å². The van der Waals surface area contributed by atoms with Gasteiger partial charge >= 0.3 is 0 Å². The normalized spacial score (nSPS) is 9.68. The van der Waals surface area contributed by atoms with Gasteiger partial charge in [0.1, 0.15) is 11.5 Å². The molecule has 0 aliphatic heterocycles. The van der Waals surface area contributed by atoms with Gasteiger partial charge < -0.3 is 19.7 Å². The molecule has 6 heteroatoms. The fraction of sp³-hybridized carbons (Fsp3) is 0.385. The van der Waals surface area contributed by atoms with Gasteiger partial charge in [0.2, 0.25) is 5.91 Å². The number of nitrogens with one attached hydrogen (secondary N) is 1. The lowest BCUT2D eigenvalue weighted by Crippen LogP contribution is -2.36. The lowest BCUT2D eigenvalue weighted by molar-refractivity contribution is -0.121. The predicted molar refractivity (Wildman–Crippen MR) is 70.6 cm³/mol. The summed E-state index contributed by atoms with van der Waals surface area (Å²) in [4.78, 5) is 24.7. The minimum atomic E-state index is -0.277. The van der Waals surface area contributed by atoms with Crippen LogP contribution in [0.4, 0.5) is 0 Å². The number of benzene rings is 1. The highest BCUT2D eigenvalue weighted by molar-refractivity contribution is 5.97. The molecule has 0 unspecified atom stereocenters. The molecule has 0 aromatic heterocycles. The highest BCUT2D eigenvalue weighted by Crippen LogP contribution is 2.23. The smallest absolute Gasteiger partial charge is 0.254 e. The van der Waals surface area contributed by atoms with Crippen LogP contribution in [-0.4, -0.2) is 51.6 Å². The van der Waals surface area contributed by atoms with Gasteiger partial charge in [0.25, 0.3) is 5.91 Å². The van der Waals surface area contributed by atoms with E-state index in [4.69, 9.17) is 9.47 Å². The summed E-state index contributed by atoms with van der Waals surface area (Å²) in [6.45, 7) is -0.00510. The number of carbonyl (C=O) groups is 2. The molecule has 1 N–H and O–H groups in total. The number of rotatable bonds is 5. The van der Waals surface area contributed by atoms with Crippen molar-refractivity contribution in [3.63, 3.8) is 0 Å². The van der Waals surface area contributed by atoms with E-state index < -0.39 is 0 Å². The van der Waals surface area contributed by atoms with E-state index in [1.165, 1.54) is 26.2 Å². The lowest BCUT2D eigenvalue weighted by atomic mass is 10.1. The van der Waals surface area contributed by atoms with Crippen LogP contribution in [0.3, 0.4) is 0 Å². The van der Waals surface area contributed by atoms with Gasteiger partial charge in [0.05, 0.1) is 20.8 Å². The second-order valence-electron chi connectivity index (χ2n) is 3.94. The van der Waals surface area contributed by atoms with E-state index in [0.29, 0.717) is 17.1 Å². The van der Waals surface area contributed by atoms with Crippen LogP contribution in [0.25, 0.3) is 0 Å². The van der Waals surface area contributed by atoms with E-state index in [1.807, 2.05) is 0 Å². The van der Waals surface area contributed by atoms with Gasteiger partial charge in [-0.15, -0.1) is 0 Å². The molecule has 0 saturated carbocycles. The Balaban J connectivity index is 2.95. The van der Waals surface area contributed by atoms with E-state index >= 15 is 0 Å². The Morgan fingerprint density at radius 1 is 1.16 bits per heavy atom. The average Bonchev–Trinajstić information content (AvgIpc) is 2.45. The molecule has 0 aliphatic rings. The maximum atomic E-state index is 12.2. The van der Waals surface area contributed by atoms with Gasteiger partial charge in [0, 0.05) is 25.7 Å². The van der Waals surface area contributed by atoms with Gasteiger partial charge in [-0.05, 0) is 12.1 Å². The number of amides is 2. The van der Waals surface area contributed by atoms with Gasteiger partial charge in [-0.3, -0.25) is 9.59 Å². The number of carbonyl (C=O) groups excluding carboxylic acids is 2. The van der Waals surface area contributed by atoms with E-state index in [-0.39, 0.29) is 18.4 Å². The molecule has 0 radical (unpaired) electrons. The molecular formula is C13H18N2O4. The maximum Gasteiger partial charge on any atom is 0.254 e. The molecule has 0 spiro atoms. The molecule has 0 saturated heterocycles. The Bertz CT molecular complexity index is 451. The molecule has 1 aromatic carbocycles. The fourth-order valence-electron chi connectivity index (χ4n) is 1.52. The zero-order valence-corrected chi connectivity index (χ0v) is 11.5. The molecule has 1 rings (SSSR count). The van der Waals surface area contributed by atoms with Crippen molar-refractivity contribution in [2.45, 2.75) is 0 Å². The number of hydrogen-bond donors (Lipinski definition) is 1. The van der Waals surface area contributed by atoms with Crippen LogP contribution in [0.15, 0.2) is 18.2 Å². The molecule has 104 valence electrons. The maximum absolute atomic E-state index is 12.2. The first-order chi connectivity index (χ1) is 9.01. The van der Waals surface area contributed by atoms with Crippen LogP contribution >= 0.6 is 0 Å². The number of methoxy groups -OCH3 is 2. The summed E-state index contributed by atoms with van der Waals surface area (Å²) in [5.41, 5.74) is 0.405. The molecule has 0 atom stereocenters. The molecule has 0 fully saturated rings. The first-order valence-corrected chi connectivity index (χ1v) is 5.71. The van der Waals surface area contributed by atoms with Crippen LogP contribution in [0.1, 0.15) is 10.4 Å². The molecule has 19 heavy (non-hydrogen) atoms. The second kappa shape index (κ2) is 6.63. The van der Waals surface area contributed by atoms with E-state index in [2.05, 4.69) is 5.32 Å². The van der Waals surface area contributed by atoms with Crippen molar-refractivity contribution >= 4 is 11.8 Å². The van der Waals surface area contributed by atoms with Crippen molar-refractivity contribution in [2.24, 2.45) is 0 Å². The highest BCUT2D eigenvalue weighted by atomic mass is 16.5. The number of hydrogen-bond acceptors (Lipinski definition) is 4. The van der Waals surface area contributed by atoms with Crippen molar-refractivity contribution < 1.29 is 19.1 Å². The quantitative estimate of drug-likeness (QED) is 0.843. The van der Waals surface area contributed by atoms with Crippen molar-refractivity contribution in [2.75, 3.05) is 34.9 Å². The van der Waals surface area contributed by atoms with Crippen LogP contribution in [0.5, 0.6) is 11.5 Å². The zero-order chi connectivity index (χ0) is 14.4. The Hall–Kier alpha value is -2.24. The lowest BCUT2D eigenvalue weighted by Gasteiger charge is -2.17. The largest absolute Gasteiger partial charge is 0.497 e. The highest BCUT2D eigenvalue weighted by Gasteiger charge is 2.16. The molecule has 6 nitrogen and oxygen atoms in total. The molecular weight excluding hydrogens is 248 g/mol. The zero-order valence-electron chi connectivity index (χ0n) is 11.5. The van der Waals surface area contributed by atoms with Crippen LogP contribution in [0, 0.1) is 0 Å². The van der Waals surface area contributed by atoms with E-state index in [0.717, 1.165) is 0 Å². The summed E-state index contributed by atoms with van der Waals surface area (Å²) in [6.07, 6.45) is 0. The number of likely N-dealkylation sites (N-methyl/N-ethyl adjacent to an activating group) is 2. The van der Waals surface area contributed by atoms with E-state index in [9.17, 15) is 9.59 Å². The molecule has 2 amide bonds. The minimum absolute atomic E-state index is 0.00510. The standard InChI is InChI=1S/C13H18N2O4/c1-14-12(16)8-15(2)13(17)9-5-10(18-3)7-11(6-9)19-4/h5-7H,8H2,1-4H3,(H,14,16). The Kier molecular flexibility index (Phi) is 5.17. The van der Waals surface area contributed by atoms with Crippen molar-refractivity contribution in [1.29, 1.82) is 0 Å². The third-order valence-electron chi connectivity index (χ3n) is 2.60. The average molecular weight is 266 g/mol. The Morgan fingerprint density at radius 3 is 2.11 bits per heavy atom. The van der Waals surface area contributed by atoms with Crippen molar-refractivity contribution in [3.05, 3.63) is 23.8 Å². The van der Waals surface area contributed by atoms with Crippen molar-refractivity contribution in [3.8, 4) is 11.5 Å². The summed E-state index contributed by atoms with van der Waals surface area (Å²) in [5, 5.41) is 2.47. The summed E-state index contributed by atoms with van der Waals surface area (Å²) in [5.74, 6) is 0.540. The van der Waals surface area contributed by atoms with Crippen LogP contribution < -0.4 is 14.8 Å². The molecule has 0 aliphatic carbocycles. The Labute approximate surface area is 112 Å². The van der Waals surface area contributed by atoms with Crippen molar-refractivity contribution in [1.82, 2.24) is 10.2 Å². The van der Waals surface area contributed by atoms with Gasteiger partial charge in [-0.1, -0.05) is 0 Å². The third kappa shape index (κ3) is 3.87. The minimum Gasteiger partial charge on any atom is -0.497 e. The fourth-order valence-corrected chi connectivity index (χ4v) is 1.52. The number of nitrogens with zero attached hydrogens (tertiary/aromatic N) is 1. The first-order valence-electron chi connectivity index (χ1n) is 5.71. The van der Waals surface area contributed by atoms with Crippen LogP contribution in [-0.2, 0) is 4.79 Å². The first kappa shape index (κ1) is 14.8. The Morgan fingerprint density at radius 2 is 1.68 bits per heavy atom. The predicted octanol–water partition coefficient (Wildman–Crippen LogP) is 0.522. The van der Waals surface area contributed by atoms with Crippen LogP contribution in [0.2, 0.25) is 0 Å². The summed E-state index contributed by atoms with van der Waals surface area (Å²) < 4.78 is 10.2. The monoisotopic (exact) mass is 266 g/mol. The summed E-state index contributed by atoms with van der Waals surface area (Å²) in [7, 11) is 6.10. The van der Waals surface area contributed by atoms with E-state index in [1.54, 1.807) is 25.2 Å². The molecule has 0 heterocycles. The SMILES string of the molecule is CNC(=O)CN(C)C(=O)c1cc(OC)cc(OC)c1. The van der Waals surface area contributed by atoms with Gasteiger partial charge in [-0.25, -0.2) is 0 Å². The number of ether oxygens (including phenoxy) is 2. The topological polar surface area (TPSA) is 67.9 Å². The summed E-state index contributed by atoms with van der Waals surface area (Å²) >= 11 is 0. The summed E-state index contributed by atoms with van der Waals surface area (Å²) in [6, 6.07) is 4.88. The molecule has 0 bridgehead atoms. The third-order valence-corrected chi connectivity index (χ3v) is 2.60. The van der Waals surface area contributed by atoms with Gasteiger partial charge in [-0.2, -0.15) is 0 Å². The second-order valence-corrected chi connectivity index (χ2v) is 3.94.